The Labute approximate surface area is 163 Å². The van der Waals surface area contributed by atoms with Crippen molar-refractivity contribution in [1.29, 1.82) is 0 Å². The zero-order valence-corrected chi connectivity index (χ0v) is 16.4. The molecule has 0 aromatic heterocycles. The summed E-state index contributed by atoms with van der Waals surface area (Å²) >= 11 is 0. The number of benzene rings is 1. The lowest BCUT2D eigenvalue weighted by Crippen LogP contribution is -2.36. The maximum Gasteiger partial charge on any atom is 0.325 e. The first kappa shape index (κ1) is 20.3. The summed E-state index contributed by atoms with van der Waals surface area (Å²) in [6.45, 7) is 0.973. The maximum absolute atomic E-state index is 12.6. The number of rotatable bonds is 6. The van der Waals surface area contributed by atoms with Gasteiger partial charge in [0.2, 0.25) is 21.8 Å². The first-order chi connectivity index (χ1) is 13.3. The number of amides is 2. The van der Waals surface area contributed by atoms with E-state index in [2.05, 4.69) is 10.1 Å². The van der Waals surface area contributed by atoms with Crippen LogP contribution in [0.5, 0.6) is 0 Å². The summed E-state index contributed by atoms with van der Waals surface area (Å²) < 4.78 is 31.1. The van der Waals surface area contributed by atoms with Gasteiger partial charge in [0.15, 0.2) is 0 Å². The molecule has 2 aliphatic rings. The van der Waals surface area contributed by atoms with Gasteiger partial charge in [-0.3, -0.25) is 14.4 Å². The number of hydrogen-bond donors (Lipinski definition) is 1. The fourth-order valence-electron chi connectivity index (χ4n) is 3.38. The number of nitrogens with zero attached hydrogens (tertiary/aromatic N) is 2. The molecular formula is C18H23N3O6S. The molecule has 0 spiro atoms. The molecule has 1 N–H and O–H groups in total. The average Bonchev–Trinajstić information content (AvgIpc) is 3.36. The number of hydrogen-bond acceptors (Lipinski definition) is 6. The third-order valence-corrected chi connectivity index (χ3v) is 6.89. The van der Waals surface area contributed by atoms with Crippen molar-refractivity contribution in [3.63, 3.8) is 0 Å². The molecule has 28 heavy (non-hydrogen) atoms. The molecule has 3 rings (SSSR count). The van der Waals surface area contributed by atoms with Gasteiger partial charge in [-0.05, 0) is 37.1 Å². The van der Waals surface area contributed by atoms with Crippen molar-refractivity contribution < 1.29 is 27.5 Å². The molecule has 1 aromatic carbocycles. The number of methoxy groups -OCH3 is 1. The molecule has 0 unspecified atom stereocenters. The van der Waals surface area contributed by atoms with Gasteiger partial charge in [-0.1, -0.05) is 0 Å². The van der Waals surface area contributed by atoms with E-state index in [9.17, 15) is 22.8 Å². The van der Waals surface area contributed by atoms with Crippen molar-refractivity contribution in [2.24, 2.45) is 5.92 Å². The molecule has 2 heterocycles. The predicted octanol–water partition coefficient (Wildman–Crippen LogP) is 0.113. The Morgan fingerprint density at radius 2 is 1.82 bits per heavy atom. The van der Waals surface area contributed by atoms with E-state index in [0.717, 1.165) is 12.8 Å². The number of nitrogens with one attached hydrogen (secondary N) is 1. The SMILES string of the molecule is COC(=O)CNC(=O)[C@H]1CC(=O)N(c2ccc(S(=O)(=O)N3CCCC3)cc2)C1. The van der Waals surface area contributed by atoms with Gasteiger partial charge in [0.1, 0.15) is 6.54 Å². The van der Waals surface area contributed by atoms with Crippen LogP contribution >= 0.6 is 0 Å². The summed E-state index contributed by atoms with van der Waals surface area (Å²) in [4.78, 5) is 37.2. The fraction of sp³-hybridized carbons (Fsp3) is 0.500. The molecule has 2 aliphatic heterocycles. The minimum Gasteiger partial charge on any atom is -0.468 e. The Balaban J connectivity index is 1.66. The van der Waals surface area contributed by atoms with Crippen molar-refractivity contribution in [2.45, 2.75) is 24.2 Å². The van der Waals surface area contributed by atoms with E-state index in [1.54, 1.807) is 12.1 Å². The van der Waals surface area contributed by atoms with E-state index in [-0.39, 0.29) is 30.3 Å². The average molecular weight is 409 g/mol. The molecule has 2 fully saturated rings. The van der Waals surface area contributed by atoms with Gasteiger partial charge >= 0.3 is 5.97 Å². The number of ether oxygens (including phenoxy) is 1. The summed E-state index contributed by atoms with van der Waals surface area (Å²) in [5, 5.41) is 2.45. The van der Waals surface area contributed by atoms with Crippen LogP contribution in [0.2, 0.25) is 0 Å². The molecular weight excluding hydrogens is 386 g/mol. The third-order valence-electron chi connectivity index (χ3n) is 4.98. The van der Waals surface area contributed by atoms with Gasteiger partial charge in [-0.15, -0.1) is 0 Å². The smallest absolute Gasteiger partial charge is 0.325 e. The normalized spacial score (nSPS) is 20.4. The molecule has 1 aromatic rings. The number of carbonyl (C=O) groups excluding carboxylic acids is 3. The van der Waals surface area contributed by atoms with E-state index in [1.165, 1.54) is 28.4 Å². The molecule has 0 radical (unpaired) electrons. The Hall–Kier alpha value is -2.46. The van der Waals surface area contributed by atoms with Gasteiger partial charge in [-0.25, -0.2) is 8.42 Å². The van der Waals surface area contributed by atoms with Crippen molar-refractivity contribution in [3.05, 3.63) is 24.3 Å². The second kappa shape index (κ2) is 8.27. The molecule has 9 nitrogen and oxygen atoms in total. The molecule has 2 saturated heterocycles. The lowest BCUT2D eigenvalue weighted by molar-refractivity contribution is -0.141. The van der Waals surface area contributed by atoms with E-state index >= 15 is 0 Å². The largest absolute Gasteiger partial charge is 0.468 e. The molecule has 0 bridgehead atoms. The number of carbonyl (C=O) groups is 3. The maximum atomic E-state index is 12.6. The van der Waals surface area contributed by atoms with Crippen molar-refractivity contribution in [3.8, 4) is 0 Å². The zero-order valence-electron chi connectivity index (χ0n) is 15.6. The van der Waals surface area contributed by atoms with Crippen LogP contribution in [0, 0.1) is 5.92 Å². The van der Waals surface area contributed by atoms with E-state index < -0.39 is 27.8 Å². The van der Waals surface area contributed by atoms with E-state index in [4.69, 9.17) is 0 Å². The predicted molar refractivity (Wildman–Crippen MR) is 99.9 cm³/mol. The Morgan fingerprint density at radius 1 is 1.18 bits per heavy atom. The number of esters is 1. The summed E-state index contributed by atoms with van der Waals surface area (Å²) in [6.07, 6.45) is 1.75. The van der Waals surface area contributed by atoms with Gasteiger partial charge in [0.05, 0.1) is 17.9 Å². The van der Waals surface area contributed by atoms with Crippen LogP contribution in [0.4, 0.5) is 5.69 Å². The van der Waals surface area contributed by atoms with Gasteiger partial charge in [-0.2, -0.15) is 4.31 Å². The van der Waals surface area contributed by atoms with Gasteiger partial charge in [0.25, 0.3) is 0 Å². The molecule has 0 saturated carbocycles. The molecule has 2 amide bonds. The minimum atomic E-state index is -3.51. The first-order valence-electron chi connectivity index (χ1n) is 9.08. The van der Waals surface area contributed by atoms with E-state index in [1.807, 2.05) is 0 Å². The van der Waals surface area contributed by atoms with Crippen LogP contribution in [0.25, 0.3) is 0 Å². The minimum absolute atomic E-state index is 0.0286. The highest BCUT2D eigenvalue weighted by atomic mass is 32.2. The molecule has 152 valence electrons. The highest BCUT2D eigenvalue weighted by Crippen LogP contribution is 2.28. The second-order valence-corrected chi connectivity index (χ2v) is 8.74. The Kier molecular flexibility index (Phi) is 5.99. The molecule has 10 heteroatoms. The quantitative estimate of drug-likeness (QED) is 0.668. The van der Waals surface area contributed by atoms with Crippen molar-refractivity contribution in [1.82, 2.24) is 9.62 Å². The third kappa shape index (κ3) is 4.17. The van der Waals surface area contributed by atoms with Crippen LogP contribution in [-0.2, 0) is 29.1 Å². The molecule has 0 aliphatic carbocycles. The lowest BCUT2D eigenvalue weighted by atomic mass is 10.1. The summed E-state index contributed by atoms with van der Waals surface area (Å²) in [5.74, 6) is -1.77. The van der Waals surface area contributed by atoms with Crippen LogP contribution in [0.15, 0.2) is 29.2 Å². The summed E-state index contributed by atoms with van der Waals surface area (Å²) in [5.41, 5.74) is 0.536. The number of anilines is 1. The monoisotopic (exact) mass is 409 g/mol. The van der Waals surface area contributed by atoms with Crippen LogP contribution in [0.1, 0.15) is 19.3 Å². The van der Waals surface area contributed by atoms with Crippen LogP contribution < -0.4 is 10.2 Å². The first-order valence-corrected chi connectivity index (χ1v) is 10.5. The van der Waals surface area contributed by atoms with Crippen molar-refractivity contribution >= 4 is 33.5 Å². The lowest BCUT2D eigenvalue weighted by Gasteiger charge is -2.19. The number of sulfonamides is 1. The van der Waals surface area contributed by atoms with Crippen molar-refractivity contribution in [2.75, 3.05) is 38.2 Å². The highest BCUT2D eigenvalue weighted by molar-refractivity contribution is 7.89. The Bertz CT molecular complexity index is 862. The zero-order chi connectivity index (χ0) is 20.3. The second-order valence-electron chi connectivity index (χ2n) is 6.80. The Morgan fingerprint density at radius 3 is 2.43 bits per heavy atom. The van der Waals surface area contributed by atoms with Gasteiger partial charge in [0, 0.05) is 31.7 Å². The van der Waals surface area contributed by atoms with Gasteiger partial charge < -0.3 is 15.0 Å². The topological polar surface area (TPSA) is 113 Å². The standard InChI is InChI=1S/C18H23N3O6S/c1-27-17(23)11-19-18(24)13-10-16(22)21(12-13)14-4-6-15(7-5-14)28(25,26)20-8-2-3-9-20/h4-7,13H,2-3,8-12H2,1H3,(H,19,24)/t13-/m0/s1. The highest BCUT2D eigenvalue weighted by Gasteiger charge is 2.35. The van der Waals surface area contributed by atoms with Crippen LogP contribution in [0.3, 0.4) is 0 Å². The summed E-state index contributed by atoms with van der Waals surface area (Å²) in [7, 11) is -2.29. The fourth-order valence-corrected chi connectivity index (χ4v) is 4.90. The summed E-state index contributed by atoms with van der Waals surface area (Å²) in [6, 6.07) is 6.13. The molecule has 1 atom stereocenters. The van der Waals surface area contributed by atoms with Crippen LogP contribution in [-0.4, -0.2) is 63.8 Å². The van der Waals surface area contributed by atoms with E-state index in [0.29, 0.717) is 18.8 Å².